The molecule has 8 heteroatoms. The Bertz CT molecular complexity index is 844. The van der Waals surface area contributed by atoms with Crippen molar-refractivity contribution in [2.45, 2.75) is 6.92 Å². The van der Waals surface area contributed by atoms with Crippen molar-refractivity contribution in [3.63, 3.8) is 0 Å². The summed E-state index contributed by atoms with van der Waals surface area (Å²) in [5, 5.41) is 2.97. The van der Waals surface area contributed by atoms with Gasteiger partial charge in [0.25, 0.3) is 5.91 Å². The van der Waals surface area contributed by atoms with E-state index in [1.54, 1.807) is 23.8 Å². The minimum atomic E-state index is -0.387. The highest BCUT2D eigenvalue weighted by molar-refractivity contribution is 6.29. The number of carbonyl (C=O) groups is 1. The molecule has 0 bridgehead atoms. The average Bonchev–Trinajstić information content (AvgIpc) is 2.87. The first-order chi connectivity index (χ1) is 10.6. The van der Waals surface area contributed by atoms with Gasteiger partial charge in [0.1, 0.15) is 10.8 Å². The van der Waals surface area contributed by atoms with Gasteiger partial charge in [0.15, 0.2) is 11.4 Å². The zero-order chi connectivity index (χ0) is 15.7. The van der Waals surface area contributed by atoms with Crippen molar-refractivity contribution < 1.29 is 9.53 Å². The zero-order valence-electron chi connectivity index (χ0n) is 11.9. The molecule has 0 fully saturated rings. The number of pyridine rings is 1. The molecule has 0 atom stereocenters. The van der Waals surface area contributed by atoms with Crippen molar-refractivity contribution in [1.82, 2.24) is 19.4 Å². The number of hydrogen-bond acceptors (Lipinski definition) is 5. The quantitative estimate of drug-likeness (QED) is 0.802. The third-order valence-electron chi connectivity index (χ3n) is 2.97. The standard InChI is InChI=1S/C14H12ClN5O2/c1-8-6-20-7-9(3-11(22-2)13(20)18-8)19-14(21)10-4-17-12(15)5-16-10/h3-7H,1-2H3,(H,19,21). The lowest BCUT2D eigenvalue weighted by Crippen LogP contribution is -2.14. The van der Waals surface area contributed by atoms with Gasteiger partial charge >= 0.3 is 0 Å². The number of carbonyl (C=O) groups excluding carboxylic acids is 1. The topological polar surface area (TPSA) is 81.4 Å². The van der Waals surface area contributed by atoms with Crippen molar-refractivity contribution in [3.8, 4) is 5.75 Å². The molecule has 1 amide bonds. The Morgan fingerprint density at radius 3 is 2.82 bits per heavy atom. The smallest absolute Gasteiger partial charge is 0.275 e. The fourth-order valence-corrected chi connectivity index (χ4v) is 2.13. The molecule has 3 rings (SSSR count). The number of nitrogens with one attached hydrogen (secondary N) is 1. The molecular weight excluding hydrogens is 306 g/mol. The second kappa shape index (κ2) is 5.61. The maximum Gasteiger partial charge on any atom is 0.275 e. The molecule has 3 heterocycles. The third kappa shape index (κ3) is 2.71. The number of hydrogen-bond donors (Lipinski definition) is 1. The van der Waals surface area contributed by atoms with E-state index in [0.29, 0.717) is 17.1 Å². The number of imidazole rings is 1. The van der Waals surface area contributed by atoms with E-state index in [2.05, 4.69) is 20.3 Å². The molecule has 0 aromatic carbocycles. The molecule has 0 saturated heterocycles. The highest BCUT2D eigenvalue weighted by atomic mass is 35.5. The average molecular weight is 318 g/mol. The van der Waals surface area contributed by atoms with E-state index in [0.717, 1.165) is 5.69 Å². The third-order valence-corrected chi connectivity index (χ3v) is 3.16. The van der Waals surface area contributed by atoms with Crippen molar-refractivity contribution in [2.24, 2.45) is 0 Å². The molecule has 0 aliphatic carbocycles. The first-order valence-electron chi connectivity index (χ1n) is 6.39. The van der Waals surface area contributed by atoms with Crippen LogP contribution in [0.2, 0.25) is 5.15 Å². The van der Waals surface area contributed by atoms with Crippen molar-refractivity contribution in [1.29, 1.82) is 0 Å². The lowest BCUT2D eigenvalue weighted by molar-refractivity contribution is 0.102. The fourth-order valence-electron chi connectivity index (χ4n) is 2.03. The Balaban J connectivity index is 1.93. The van der Waals surface area contributed by atoms with Crippen LogP contribution in [0.1, 0.15) is 16.2 Å². The van der Waals surface area contributed by atoms with Crippen molar-refractivity contribution in [3.05, 3.63) is 47.4 Å². The summed E-state index contributed by atoms with van der Waals surface area (Å²) in [4.78, 5) is 24.3. The predicted octanol–water partition coefficient (Wildman–Crippen LogP) is 2.35. The second-order valence-corrected chi connectivity index (χ2v) is 4.98. The van der Waals surface area contributed by atoms with Crippen molar-refractivity contribution >= 4 is 28.8 Å². The van der Waals surface area contributed by atoms with E-state index in [-0.39, 0.29) is 16.8 Å². The van der Waals surface area contributed by atoms with Crippen LogP contribution in [0.15, 0.2) is 30.9 Å². The Labute approximate surface area is 130 Å². The number of nitrogens with zero attached hydrogens (tertiary/aromatic N) is 4. The number of fused-ring (bicyclic) bond motifs is 1. The highest BCUT2D eigenvalue weighted by Crippen LogP contribution is 2.24. The van der Waals surface area contributed by atoms with Gasteiger partial charge in [0, 0.05) is 18.5 Å². The Hall–Kier alpha value is -2.67. The molecule has 0 spiro atoms. The molecule has 7 nitrogen and oxygen atoms in total. The molecule has 22 heavy (non-hydrogen) atoms. The van der Waals surface area contributed by atoms with Crippen LogP contribution in [0.5, 0.6) is 5.75 Å². The number of aromatic nitrogens is 4. The van der Waals surface area contributed by atoms with Crippen LogP contribution >= 0.6 is 11.6 Å². The van der Waals surface area contributed by atoms with Crippen LogP contribution in [0.25, 0.3) is 5.65 Å². The van der Waals surface area contributed by atoms with Crippen molar-refractivity contribution in [2.75, 3.05) is 12.4 Å². The first kappa shape index (κ1) is 14.3. The number of methoxy groups -OCH3 is 1. The number of rotatable bonds is 3. The summed E-state index contributed by atoms with van der Waals surface area (Å²) in [6, 6.07) is 1.70. The van der Waals surface area contributed by atoms with E-state index in [1.807, 2.05) is 13.1 Å². The van der Waals surface area contributed by atoms with Crippen LogP contribution in [-0.4, -0.2) is 32.4 Å². The minimum absolute atomic E-state index is 0.172. The number of ether oxygens (including phenoxy) is 1. The Morgan fingerprint density at radius 1 is 1.32 bits per heavy atom. The SMILES string of the molecule is COc1cc(NC(=O)c2cnc(Cl)cn2)cn2cc(C)nc12. The predicted molar refractivity (Wildman–Crippen MR) is 81.5 cm³/mol. The number of anilines is 1. The van der Waals surface area contributed by atoms with Crippen LogP contribution in [0.4, 0.5) is 5.69 Å². The second-order valence-electron chi connectivity index (χ2n) is 4.59. The van der Waals surface area contributed by atoms with Gasteiger partial charge in [-0.1, -0.05) is 11.6 Å². The fraction of sp³-hybridized carbons (Fsp3) is 0.143. The lowest BCUT2D eigenvalue weighted by atomic mass is 10.3. The van der Waals surface area contributed by atoms with Crippen LogP contribution in [0.3, 0.4) is 0 Å². The summed E-state index contributed by atoms with van der Waals surface area (Å²) in [6.45, 7) is 1.88. The largest absolute Gasteiger partial charge is 0.493 e. The van der Waals surface area contributed by atoms with Crippen LogP contribution in [-0.2, 0) is 0 Å². The minimum Gasteiger partial charge on any atom is -0.493 e. The Kier molecular flexibility index (Phi) is 3.64. The van der Waals surface area contributed by atoms with Gasteiger partial charge in [-0.25, -0.2) is 15.0 Å². The maximum absolute atomic E-state index is 12.1. The van der Waals surface area contributed by atoms with E-state index >= 15 is 0 Å². The molecular formula is C14H12ClN5O2. The van der Waals surface area contributed by atoms with Gasteiger partial charge < -0.3 is 14.5 Å². The molecule has 3 aromatic heterocycles. The van der Waals surface area contributed by atoms with Gasteiger partial charge in [-0.05, 0) is 6.92 Å². The van der Waals surface area contributed by atoms with Gasteiger partial charge in [-0.2, -0.15) is 0 Å². The molecule has 0 unspecified atom stereocenters. The Morgan fingerprint density at radius 2 is 2.14 bits per heavy atom. The summed E-state index contributed by atoms with van der Waals surface area (Å²) < 4.78 is 7.09. The molecule has 0 aliphatic rings. The van der Waals surface area contributed by atoms with Crippen LogP contribution < -0.4 is 10.1 Å². The van der Waals surface area contributed by atoms with Gasteiger partial charge in [-0.3, -0.25) is 4.79 Å². The van der Waals surface area contributed by atoms with Gasteiger partial charge in [0.05, 0.1) is 30.9 Å². The number of amides is 1. The molecule has 0 aliphatic heterocycles. The molecule has 112 valence electrons. The molecule has 0 radical (unpaired) electrons. The van der Waals surface area contributed by atoms with Crippen LogP contribution in [0, 0.1) is 6.92 Å². The number of aryl methyl sites for hydroxylation is 1. The zero-order valence-corrected chi connectivity index (χ0v) is 12.6. The van der Waals surface area contributed by atoms with Gasteiger partial charge in [-0.15, -0.1) is 0 Å². The molecule has 1 N–H and O–H groups in total. The summed E-state index contributed by atoms with van der Waals surface area (Å²) in [5.41, 5.74) is 2.27. The summed E-state index contributed by atoms with van der Waals surface area (Å²) in [5.74, 6) is 0.176. The maximum atomic E-state index is 12.1. The monoisotopic (exact) mass is 317 g/mol. The van der Waals surface area contributed by atoms with E-state index in [4.69, 9.17) is 16.3 Å². The van der Waals surface area contributed by atoms with E-state index in [1.165, 1.54) is 12.4 Å². The highest BCUT2D eigenvalue weighted by Gasteiger charge is 2.12. The molecule has 0 saturated carbocycles. The van der Waals surface area contributed by atoms with E-state index < -0.39 is 0 Å². The number of halogens is 1. The summed E-state index contributed by atoms with van der Waals surface area (Å²) in [6.07, 6.45) is 6.23. The van der Waals surface area contributed by atoms with E-state index in [9.17, 15) is 4.79 Å². The first-order valence-corrected chi connectivity index (χ1v) is 6.77. The molecule has 3 aromatic rings. The van der Waals surface area contributed by atoms with Gasteiger partial charge in [0.2, 0.25) is 0 Å². The lowest BCUT2D eigenvalue weighted by Gasteiger charge is -2.08. The summed E-state index contributed by atoms with van der Waals surface area (Å²) in [7, 11) is 1.55. The normalized spacial score (nSPS) is 10.7. The summed E-state index contributed by atoms with van der Waals surface area (Å²) >= 11 is 5.65.